The number of aromatic nitrogens is 1. The fourth-order valence-corrected chi connectivity index (χ4v) is 6.00. The molecule has 1 fully saturated rings. The molecule has 1 aliphatic carbocycles. The Balaban J connectivity index is 1.64. The van der Waals surface area contributed by atoms with Crippen LogP contribution in [0.25, 0.3) is 0 Å². The highest BCUT2D eigenvalue weighted by atomic mass is 32.2. The van der Waals surface area contributed by atoms with Crippen LogP contribution < -0.4 is 0 Å². The van der Waals surface area contributed by atoms with Crippen molar-refractivity contribution in [3.63, 3.8) is 0 Å². The maximum Gasteiger partial charge on any atom is 0.344 e. The number of carbonyl (C=O) groups excluding carboxylic acids is 2. The van der Waals surface area contributed by atoms with E-state index < -0.39 is 4.92 Å². The number of hydrogen-bond donors (Lipinski definition) is 0. The van der Waals surface area contributed by atoms with Crippen molar-refractivity contribution in [3.05, 3.63) is 16.3 Å². The molecule has 3 unspecified atom stereocenters. The van der Waals surface area contributed by atoms with Gasteiger partial charge in [-0.15, -0.1) is 0 Å². The Morgan fingerprint density at radius 1 is 1.07 bits per heavy atom. The van der Waals surface area contributed by atoms with E-state index in [1.54, 1.807) is 0 Å². The summed E-state index contributed by atoms with van der Waals surface area (Å²) in [4.78, 5) is 54.9. The van der Waals surface area contributed by atoms with Gasteiger partial charge in [-0.2, -0.15) is 0 Å². The molecule has 10 nitrogen and oxygen atoms in total. The zero-order valence-corrected chi connectivity index (χ0v) is 16.8. The molecule has 3 aliphatic rings. The third kappa shape index (κ3) is 4.37. The van der Waals surface area contributed by atoms with Crippen LogP contribution in [0.15, 0.2) is 30.5 Å². The first-order valence-electron chi connectivity index (χ1n) is 9.00. The van der Waals surface area contributed by atoms with Crippen LogP contribution in [-0.2, 0) is 9.59 Å². The number of ketones is 2. The number of carbonyl (C=O) groups is 2. The molecule has 1 aromatic rings. The first-order chi connectivity index (χ1) is 14.0. The summed E-state index contributed by atoms with van der Waals surface area (Å²) in [5.41, 5.74) is 0. The van der Waals surface area contributed by atoms with Crippen molar-refractivity contribution in [1.29, 1.82) is 0 Å². The van der Waals surface area contributed by atoms with E-state index in [2.05, 4.69) is 25.0 Å². The number of thiazole rings is 1. The van der Waals surface area contributed by atoms with Gasteiger partial charge in [0.25, 0.3) is 0 Å². The van der Waals surface area contributed by atoms with Crippen molar-refractivity contribution in [2.75, 3.05) is 13.1 Å². The summed E-state index contributed by atoms with van der Waals surface area (Å²) in [7, 11) is 0. The molecule has 1 saturated carbocycles. The molecule has 0 aromatic carbocycles. The van der Waals surface area contributed by atoms with Gasteiger partial charge in [-0.1, -0.05) is 18.2 Å². The molecule has 12 heteroatoms. The summed E-state index contributed by atoms with van der Waals surface area (Å²) < 4.78 is 0.605. The average molecular weight is 432 g/mol. The maximum atomic E-state index is 11.5. The fraction of sp³-hybridized carbons (Fsp3) is 0.471. The Bertz CT molecular complexity index is 982. The summed E-state index contributed by atoms with van der Waals surface area (Å²) in [6, 6.07) is 0. The van der Waals surface area contributed by atoms with Gasteiger partial charge < -0.3 is 0 Å². The van der Waals surface area contributed by atoms with Gasteiger partial charge in [0.2, 0.25) is 0 Å². The maximum absolute atomic E-state index is 11.5. The molecule has 0 radical (unpaired) electrons. The molecule has 29 heavy (non-hydrogen) atoms. The van der Waals surface area contributed by atoms with Crippen LogP contribution in [0.1, 0.15) is 19.3 Å². The third-order valence-corrected chi connectivity index (χ3v) is 7.27. The van der Waals surface area contributed by atoms with E-state index in [9.17, 15) is 19.7 Å². The molecule has 2 aliphatic heterocycles. The summed E-state index contributed by atoms with van der Waals surface area (Å²) in [6.45, 7) is 0.128. The predicted molar refractivity (Wildman–Crippen MR) is 111 cm³/mol. The quantitative estimate of drug-likeness (QED) is 0.515. The second kappa shape index (κ2) is 8.41. The van der Waals surface area contributed by atoms with Crippen LogP contribution in [-0.4, -0.2) is 63.9 Å². The number of aliphatic imine (C=N–C) groups is 4. The van der Waals surface area contributed by atoms with Crippen molar-refractivity contribution >= 4 is 63.8 Å². The Morgan fingerprint density at radius 2 is 1.76 bits per heavy atom. The second-order valence-corrected chi connectivity index (χ2v) is 9.23. The Kier molecular flexibility index (Phi) is 5.72. The smallest absolute Gasteiger partial charge is 0.291 e. The van der Waals surface area contributed by atoms with E-state index >= 15 is 0 Å². The molecular weight excluding hydrogens is 416 g/mol. The topological polar surface area (TPSA) is 140 Å². The minimum absolute atomic E-state index is 0.000802. The number of rotatable bonds is 5. The van der Waals surface area contributed by atoms with E-state index in [0.717, 1.165) is 30.6 Å². The van der Waals surface area contributed by atoms with E-state index in [0.29, 0.717) is 16.0 Å². The predicted octanol–water partition coefficient (Wildman–Crippen LogP) is 2.03. The van der Waals surface area contributed by atoms with E-state index in [1.807, 2.05) is 0 Å². The molecule has 3 atom stereocenters. The molecule has 3 heterocycles. The van der Waals surface area contributed by atoms with Crippen LogP contribution >= 0.6 is 23.1 Å². The van der Waals surface area contributed by atoms with Crippen LogP contribution in [0.5, 0.6) is 0 Å². The molecule has 0 bridgehead atoms. The van der Waals surface area contributed by atoms with E-state index in [4.69, 9.17) is 0 Å². The van der Waals surface area contributed by atoms with Gasteiger partial charge in [0.1, 0.15) is 31.0 Å². The minimum Gasteiger partial charge on any atom is -0.291 e. The zero-order chi connectivity index (χ0) is 20.4. The Morgan fingerprint density at radius 3 is 2.34 bits per heavy atom. The number of Topliss-reactive ketones (excluding diaryl/α,β-unsaturated/α-hetero) is 2. The van der Waals surface area contributed by atoms with Crippen LogP contribution in [0.2, 0.25) is 0 Å². The van der Waals surface area contributed by atoms with Crippen molar-refractivity contribution in [2.24, 2.45) is 31.8 Å². The SMILES string of the molecule is O=C1C=NC(C2CCCC(Sc3ncc([N+](=O)[O-])s3)C2C2=NCC(=O)C=N2)=NC1. The van der Waals surface area contributed by atoms with Crippen LogP contribution in [0.4, 0.5) is 5.00 Å². The van der Waals surface area contributed by atoms with E-state index in [-0.39, 0.29) is 46.7 Å². The fourth-order valence-electron chi connectivity index (χ4n) is 3.61. The van der Waals surface area contributed by atoms with Gasteiger partial charge in [-0.25, -0.2) is 15.0 Å². The lowest BCUT2D eigenvalue weighted by Crippen LogP contribution is -2.41. The highest BCUT2D eigenvalue weighted by Gasteiger charge is 2.41. The molecule has 0 saturated heterocycles. The van der Waals surface area contributed by atoms with Gasteiger partial charge in [0.15, 0.2) is 15.9 Å². The zero-order valence-electron chi connectivity index (χ0n) is 15.1. The van der Waals surface area contributed by atoms with Crippen molar-refractivity contribution in [3.8, 4) is 0 Å². The molecule has 0 N–H and O–H groups in total. The molecule has 0 spiro atoms. The number of amidine groups is 2. The minimum atomic E-state index is -0.452. The van der Waals surface area contributed by atoms with Gasteiger partial charge in [0, 0.05) is 17.1 Å². The summed E-state index contributed by atoms with van der Waals surface area (Å²) in [5, 5.41) is 11.0. The molecule has 150 valence electrons. The molecule has 0 amide bonds. The standard InChI is InChI=1S/C17H16N6O4S2/c24-9-4-18-15(19-5-9)11-2-1-3-12(14(11)16-20-6-10(25)7-21-16)28-17-22-8-13(29-17)23(26)27/h4,6,8,11-12,14H,1-3,5,7H2. The van der Waals surface area contributed by atoms with Gasteiger partial charge in [0.05, 0.1) is 17.4 Å². The van der Waals surface area contributed by atoms with E-state index in [1.165, 1.54) is 30.4 Å². The van der Waals surface area contributed by atoms with Crippen molar-refractivity contribution < 1.29 is 14.5 Å². The normalized spacial score (nSPS) is 27.0. The average Bonchev–Trinajstić information content (AvgIpc) is 3.18. The first kappa shape index (κ1) is 19.7. The summed E-state index contributed by atoms with van der Waals surface area (Å²) >= 11 is 2.50. The monoisotopic (exact) mass is 432 g/mol. The molecule has 4 rings (SSSR count). The van der Waals surface area contributed by atoms with Crippen molar-refractivity contribution in [2.45, 2.75) is 28.9 Å². The lowest BCUT2D eigenvalue weighted by molar-refractivity contribution is -0.380. The number of nitrogens with zero attached hydrogens (tertiary/aromatic N) is 6. The van der Waals surface area contributed by atoms with Gasteiger partial charge >= 0.3 is 5.00 Å². The number of thioether (sulfide) groups is 1. The number of nitro groups is 1. The van der Waals surface area contributed by atoms with Crippen molar-refractivity contribution in [1.82, 2.24) is 4.98 Å². The lowest BCUT2D eigenvalue weighted by atomic mass is 9.77. The Labute approximate surface area is 173 Å². The van der Waals surface area contributed by atoms with Crippen LogP contribution in [0.3, 0.4) is 0 Å². The summed E-state index contributed by atoms with van der Waals surface area (Å²) in [5.74, 6) is 0.600. The highest BCUT2D eigenvalue weighted by Crippen LogP contribution is 2.44. The van der Waals surface area contributed by atoms with Crippen LogP contribution in [0, 0.1) is 22.0 Å². The lowest BCUT2D eigenvalue weighted by Gasteiger charge is -2.37. The van der Waals surface area contributed by atoms with Gasteiger partial charge in [-0.05, 0) is 24.2 Å². The third-order valence-electron chi connectivity index (χ3n) is 4.85. The number of hydrogen-bond acceptors (Lipinski definition) is 11. The molecular formula is C17H16N6O4S2. The second-order valence-electron chi connectivity index (χ2n) is 6.74. The molecule has 1 aromatic heterocycles. The first-order valence-corrected chi connectivity index (χ1v) is 10.7. The highest BCUT2D eigenvalue weighted by molar-refractivity contribution is 8.01. The largest absolute Gasteiger partial charge is 0.344 e. The Hall–Kier alpha value is -2.60. The van der Waals surface area contributed by atoms with Gasteiger partial charge in [-0.3, -0.25) is 29.7 Å². The summed E-state index contributed by atoms with van der Waals surface area (Å²) in [6.07, 6.45) is 6.42.